The van der Waals surface area contributed by atoms with Gasteiger partial charge in [0.25, 0.3) is 0 Å². The zero-order valence-electron chi connectivity index (χ0n) is 12.0. The van der Waals surface area contributed by atoms with Crippen molar-refractivity contribution in [3.63, 3.8) is 0 Å². The number of hydrogen-bond donors (Lipinski definition) is 1. The lowest BCUT2D eigenvalue weighted by Crippen LogP contribution is -2.36. The minimum atomic E-state index is -0.383. The van der Waals surface area contributed by atoms with Crippen molar-refractivity contribution >= 4 is 5.97 Å². The molecule has 19 heavy (non-hydrogen) atoms. The quantitative estimate of drug-likeness (QED) is 0.798. The van der Waals surface area contributed by atoms with E-state index in [1.54, 1.807) is 21.1 Å². The minimum Gasteiger partial charge on any atom is -0.497 e. The molecular weight excluding hydrogens is 246 g/mol. The highest BCUT2D eigenvalue weighted by molar-refractivity contribution is 5.75. The first-order chi connectivity index (χ1) is 9.03. The van der Waals surface area contributed by atoms with E-state index in [-0.39, 0.29) is 18.1 Å². The lowest BCUT2D eigenvalue weighted by atomic mass is 10.1. The van der Waals surface area contributed by atoms with Gasteiger partial charge in [0.2, 0.25) is 0 Å². The zero-order valence-corrected chi connectivity index (χ0v) is 12.0. The molecule has 0 aromatic heterocycles. The molecule has 0 radical (unpaired) electrons. The van der Waals surface area contributed by atoms with Crippen LogP contribution in [-0.4, -0.2) is 33.3 Å². The summed E-state index contributed by atoms with van der Waals surface area (Å²) in [6.45, 7) is 3.72. The average Bonchev–Trinajstić information content (AvgIpc) is 2.45. The number of carbonyl (C=O) groups excluding carboxylic acids is 1. The summed E-state index contributed by atoms with van der Waals surface area (Å²) >= 11 is 0. The van der Waals surface area contributed by atoms with E-state index >= 15 is 0 Å². The predicted molar refractivity (Wildman–Crippen MR) is 72.6 cm³/mol. The SMILES string of the molecule is COC(=O)[C@H](C)NC(C)c1ccc(OC)cc1OC. The topological polar surface area (TPSA) is 56.8 Å². The highest BCUT2D eigenvalue weighted by Crippen LogP contribution is 2.29. The van der Waals surface area contributed by atoms with Crippen LogP contribution in [0.3, 0.4) is 0 Å². The maximum absolute atomic E-state index is 11.4. The van der Waals surface area contributed by atoms with Crippen LogP contribution in [0.2, 0.25) is 0 Å². The van der Waals surface area contributed by atoms with Gasteiger partial charge in [-0.15, -0.1) is 0 Å². The highest BCUT2D eigenvalue weighted by atomic mass is 16.5. The average molecular weight is 267 g/mol. The summed E-state index contributed by atoms with van der Waals surface area (Å²) in [5.41, 5.74) is 0.957. The third kappa shape index (κ3) is 3.86. The summed E-state index contributed by atoms with van der Waals surface area (Å²) in [4.78, 5) is 11.4. The number of rotatable bonds is 6. The van der Waals surface area contributed by atoms with Gasteiger partial charge < -0.3 is 14.2 Å². The van der Waals surface area contributed by atoms with E-state index in [0.29, 0.717) is 0 Å². The smallest absolute Gasteiger partial charge is 0.322 e. The molecule has 5 heteroatoms. The van der Waals surface area contributed by atoms with Crippen LogP contribution in [0.1, 0.15) is 25.5 Å². The summed E-state index contributed by atoms with van der Waals surface area (Å²) < 4.78 is 15.2. The standard InChI is InChI=1S/C14H21NO4/c1-9(15-10(2)14(16)19-5)12-7-6-11(17-3)8-13(12)18-4/h6-10,15H,1-5H3/t9?,10-/m0/s1. The van der Waals surface area contributed by atoms with E-state index in [2.05, 4.69) is 10.1 Å². The van der Waals surface area contributed by atoms with Crippen molar-refractivity contribution in [3.05, 3.63) is 23.8 Å². The first-order valence-corrected chi connectivity index (χ1v) is 6.09. The predicted octanol–water partition coefficient (Wildman–Crippen LogP) is 1.92. The summed E-state index contributed by atoms with van der Waals surface area (Å²) in [5, 5.41) is 3.16. The Kier molecular flexibility index (Phi) is 5.63. The number of carbonyl (C=O) groups is 1. The van der Waals surface area contributed by atoms with Crippen molar-refractivity contribution in [1.29, 1.82) is 0 Å². The van der Waals surface area contributed by atoms with Gasteiger partial charge in [0.1, 0.15) is 17.5 Å². The first-order valence-electron chi connectivity index (χ1n) is 6.09. The van der Waals surface area contributed by atoms with Crippen LogP contribution in [0.25, 0.3) is 0 Å². The van der Waals surface area contributed by atoms with Crippen LogP contribution in [-0.2, 0) is 9.53 Å². The molecule has 5 nitrogen and oxygen atoms in total. The molecule has 1 unspecified atom stereocenters. The van der Waals surface area contributed by atoms with Gasteiger partial charge in [-0.3, -0.25) is 10.1 Å². The molecule has 0 saturated heterocycles. The summed E-state index contributed by atoms with van der Waals surface area (Å²) in [7, 11) is 4.59. The molecule has 0 saturated carbocycles. The normalized spacial score (nSPS) is 13.5. The van der Waals surface area contributed by atoms with Crippen molar-refractivity contribution in [1.82, 2.24) is 5.32 Å². The number of esters is 1. The van der Waals surface area contributed by atoms with Crippen LogP contribution in [0, 0.1) is 0 Å². The van der Waals surface area contributed by atoms with E-state index in [9.17, 15) is 4.79 Å². The second-order valence-corrected chi connectivity index (χ2v) is 4.24. The summed E-state index contributed by atoms with van der Waals surface area (Å²) in [5.74, 6) is 1.16. The highest BCUT2D eigenvalue weighted by Gasteiger charge is 2.19. The van der Waals surface area contributed by atoms with Crippen molar-refractivity contribution in [2.75, 3.05) is 21.3 Å². The molecule has 0 heterocycles. The Labute approximate surface area is 113 Å². The van der Waals surface area contributed by atoms with Gasteiger partial charge in [-0.05, 0) is 19.9 Å². The fraction of sp³-hybridized carbons (Fsp3) is 0.500. The van der Waals surface area contributed by atoms with E-state index < -0.39 is 0 Å². The van der Waals surface area contributed by atoms with Crippen LogP contribution in [0.15, 0.2) is 18.2 Å². The number of nitrogens with one attached hydrogen (secondary N) is 1. The number of hydrogen-bond acceptors (Lipinski definition) is 5. The molecule has 0 aliphatic heterocycles. The van der Waals surface area contributed by atoms with Crippen LogP contribution in [0.5, 0.6) is 11.5 Å². The third-order valence-corrected chi connectivity index (χ3v) is 2.96. The third-order valence-electron chi connectivity index (χ3n) is 2.96. The van der Waals surface area contributed by atoms with Gasteiger partial charge in [0.15, 0.2) is 0 Å². The van der Waals surface area contributed by atoms with E-state index in [0.717, 1.165) is 17.1 Å². The molecule has 1 aromatic rings. The Morgan fingerprint density at radius 3 is 2.37 bits per heavy atom. The molecule has 0 aliphatic rings. The number of benzene rings is 1. The monoisotopic (exact) mass is 267 g/mol. The van der Waals surface area contributed by atoms with Gasteiger partial charge in [0, 0.05) is 17.7 Å². The van der Waals surface area contributed by atoms with Crippen molar-refractivity contribution in [3.8, 4) is 11.5 Å². The van der Waals surface area contributed by atoms with E-state index in [4.69, 9.17) is 9.47 Å². The molecule has 0 amide bonds. The molecule has 0 fully saturated rings. The molecule has 1 aromatic carbocycles. The van der Waals surface area contributed by atoms with E-state index in [1.165, 1.54) is 7.11 Å². The van der Waals surface area contributed by atoms with Crippen molar-refractivity contribution in [2.45, 2.75) is 25.9 Å². The number of methoxy groups -OCH3 is 3. The Bertz CT molecular complexity index is 433. The fourth-order valence-electron chi connectivity index (χ4n) is 1.89. The fourth-order valence-corrected chi connectivity index (χ4v) is 1.89. The summed E-state index contributed by atoms with van der Waals surface area (Å²) in [6.07, 6.45) is 0. The maximum Gasteiger partial charge on any atom is 0.322 e. The molecule has 1 N–H and O–H groups in total. The minimum absolute atomic E-state index is 0.0463. The van der Waals surface area contributed by atoms with Gasteiger partial charge >= 0.3 is 5.97 Å². The second-order valence-electron chi connectivity index (χ2n) is 4.24. The van der Waals surface area contributed by atoms with Crippen LogP contribution in [0.4, 0.5) is 0 Å². The Hall–Kier alpha value is -1.75. The van der Waals surface area contributed by atoms with Crippen molar-refractivity contribution in [2.24, 2.45) is 0 Å². The second kappa shape index (κ2) is 6.99. The molecule has 0 aliphatic carbocycles. The maximum atomic E-state index is 11.4. The Morgan fingerprint density at radius 2 is 1.84 bits per heavy atom. The van der Waals surface area contributed by atoms with Gasteiger partial charge in [-0.1, -0.05) is 6.07 Å². The van der Waals surface area contributed by atoms with Crippen molar-refractivity contribution < 1.29 is 19.0 Å². The van der Waals surface area contributed by atoms with Crippen LogP contribution >= 0.6 is 0 Å². The zero-order chi connectivity index (χ0) is 14.4. The summed E-state index contributed by atoms with van der Waals surface area (Å²) in [6, 6.07) is 5.16. The number of ether oxygens (including phenoxy) is 3. The lowest BCUT2D eigenvalue weighted by molar-refractivity contribution is -0.142. The first kappa shape index (κ1) is 15.3. The molecule has 0 bridgehead atoms. The van der Waals surface area contributed by atoms with Gasteiger partial charge in [-0.2, -0.15) is 0 Å². The Morgan fingerprint density at radius 1 is 1.16 bits per heavy atom. The Balaban J connectivity index is 2.87. The molecule has 2 atom stereocenters. The molecule has 0 spiro atoms. The molecule has 1 rings (SSSR count). The molecular formula is C14H21NO4. The van der Waals surface area contributed by atoms with Crippen LogP contribution < -0.4 is 14.8 Å². The largest absolute Gasteiger partial charge is 0.497 e. The van der Waals surface area contributed by atoms with E-state index in [1.807, 2.05) is 25.1 Å². The lowest BCUT2D eigenvalue weighted by Gasteiger charge is -2.21. The van der Waals surface area contributed by atoms with Gasteiger partial charge in [0.05, 0.1) is 21.3 Å². The molecule has 106 valence electrons. The van der Waals surface area contributed by atoms with Gasteiger partial charge in [-0.25, -0.2) is 0 Å².